The third-order valence-electron chi connectivity index (χ3n) is 3.38. The molecule has 18 heavy (non-hydrogen) atoms. The van der Waals surface area contributed by atoms with Crippen molar-refractivity contribution in [3.05, 3.63) is 46.5 Å². The van der Waals surface area contributed by atoms with E-state index in [2.05, 4.69) is 15.6 Å². The number of rotatable bonds is 1. The Balaban J connectivity index is 2.08. The second-order valence-corrected chi connectivity index (χ2v) is 4.90. The molecule has 0 aliphatic heterocycles. The molecule has 0 saturated carbocycles. The minimum Gasteiger partial charge on any atom is -0.303 e. The molecule has 1 aliphatic rings. The zero-order chi connectivity index (χ0) is 12.5. The fraction of sp³-hybridized carbons (Fsp3) is 0.286. The summed E-state index contributed by atoms with van der Waals surface area (Å²) in [5, 5.41) is 9.37. The van der Waals surface area contributed by atoms with Gasteiger partial charge in [-0.05, 0) is 43.9 Å². The summed E-state index contributed by atoms with van der Waals surface area (Å²) in [6, 6.07) is 7.58. The van der Waals surface area contributed by atoms with E-state index in [1.807, 2.05) is 18.5 Å². The molecule has 0 N–H and O–H groups in total. The van der Waals surface area contributed by atoms with Gasteiger partial charge in [0.25, 0.3) is 0 Å². The summed E-state index contributed by atoms with van der Waals surface area (Å²) >= 11 is 6.07. The highest BCUT2D eigenvalue weighted by Crippen LogP contribution is 2.25. The van der Waals surface area contributed by atoms with E-state index in [4.69, 9.17) is 16.9 Å². The minimum absolute atomic E-state index is 0.494. The molecule has 1 aliphatic carbocycles. The van der Waals surface area contributed by atoms with Gasteiger partial charge in [0, 0.05) is 11.4 Å². The van der Waals surface area contributed by atoms with E-state index in [0.717, 1.165) is 18.5 Å². The van der Waals surface area contributed by atoms with Crippen LogP contribution in [-0.2, 0) is 12.8 Å². The fourth-order valence-electron chi connectivity index (χ4n) is 2.44. The van der Waals surface area contributed by atoms with E-state index < -0.39 is 0 Å². The van der Waals surface area contributed by atoms with Gasteiger partial charge < -0.3 is 4.57 Å². The first-order valence-corrected chi connectivity index (χ1v) is 6.42. The van der Waals surface area contributed by atoms with Crippen LogP contribution in [0.15, 0.2) is 24.5 Å². The fourth-order valence-corrected chi connectivity index (χ4v) is 2.65. The van der Waals surface area contributed by atoms with E-state index in [1.54, 1.807) is 6.07 Å². The van der Waals surface area contributed by atoms with Gasteiger partial charge in [0.05, 0.1) is 22.6 Å². The number of halogens is 1. The van der Waals surface area contributed by atoms with Crippen LogP contribution in [0.5, 0.6) is 0 Å². The van der Waals surface area contributed by atoms with E-state index in [1.165, 1.54) is 24.2 Å². The Labute approximate surface area is 111 Å². The second-order valence-electron chi connectivity index (χ2n) is 4.49. The Morgan fingerprint density at radius 3 is 2.89 bits per heavy atom. The Kier molecular flexibility index (Phi) is 2.81. The lowest BCUT2D eigenvalue weighted by Crippen LogP contribution is -2.06. The van der Waals surface area contributed by atoms with Crippen molar-refractivity contribution < 1.29 is 0 Å². The van der Waals surface area contributed by atoms with Crippen LogP contribution in [0.4, 0.5) is 0 Å². The third kappa shape index (κ3) is 1.79. The number of aromatic nitrogens is 2. The summed E-state index contributed by atoms with van der Waals surface area (Å²) in [5.74, 6) is 0. The van der Waals surface area contributed by atoms with E-state index in [0.29, 0.717) is 10.6 Å². The van der Waals surface area contributed by atoms with Gasteiger partial charge in [-0.1, -0.05) is 11.6 Å². The van der Waals surface area contributed by atoms with Gasteiger partial charge in [0.2, 0.25) is 0 Å². The molecule has 1 heterocycles. The zero-order valence-electron chi connectivity index (χ0n) is 9.86. The molecule has 4 heteroatoms. The van der Waals surface area contributed by atoms with Crippen molar-refractivity contribution in [1.29, 1.82) is 5.26 Å². The standard InChI is InChI=1S/C14H12ClN3/c15-12-7-11(6-5-10(12)8-16)18-9-17-13-3-1-2-4-14(13)18/h5-7,9H,1-4H2. The quantitative estimate of drug-likeness (QED) is 0.787. The monoisotopic (exact) mass is 257 g/mol. The first-order valence-electron chi connectivity index (χ1n) is 6.04. The van der Waals surface area contributed by atoms with E-state index >= 15 is 0 Å². The average molecular weight is 258 g/mol. The molecule has 0 radical (unpaired) electrons. The van der Waals surface area contributed by atoms with Crippen molar-refractivity contribution in [2.45, 2.75) is 25.7 Å². The lowest BCUT2D eigenvalue weighted by Gasteiger charge is -2.14. The molecule has 0 spiro atoms. The second kappa shape index (κ2) is 4.47. The summed E-state index contributed by atoms with van der Waals surface area (Å²) in [5.41, 5.74) is 3.97. The normalized spacial score (nSPS) is 14.0. The smallest absolute Gasteiger partial charge is 0.101 e. The van der Waals surface area contributed by atoms with Gasteiger partial charge in [-0.15, -0.1) is 0 Å². The van der Waals surface area contributed by atoms with Crippen LogP contribution in [0.25, 0.3) is 5.69 Å². The Bertz CT molecular complexity index is 637. The SMILES string of the molecule is N#Cc1ccc(-n2cnc3c2CCCC3)cc1Cl. The summed E-state index contributed by atoms with van der Waals surface area (Å²) < 4.78 is 2.08. The number of aryl methyl sites for hydroxylation is 1. The van der Waals surface area contributed by atoms with Gasteiger partial charge >= 0.3 is 0 Å². The van der Waals surface area contributed by atoms with Crippen molar-refractivity contribution in [2.24, 2.45) is 0 Å². The number of nitrogens with zero attached hydrogens (tertiary/aromatic N) is 3. The molecule has 1 aromatic carbocycles. The molecule has 3 rings (SSSR count). The molecule has 0 unspecified atom stereocenters. The van der Waals surface area contributed by atoms with Crippen LogP contribution in [-0.4, -0.2) is 9.55 Å². The van der Waals surface area contributed by atoms with Crippen LogP contribution in [0, 0.1) is 11.3 Å². The van der Waals surface area contributed by atoms with Gasteiger partial charge in [-0.25, -0.2) is 4.98 Å². The largest absolute Gasteiger partial charge is 0.303 e. The van der Waals surface area contributed by atoms with E-state index in [9.17, 15) is 0 Å². The van der Waals surface area contributed by atoms with Crippen LogP contribution in [0.1, 0.15) is 29.8 Å². The number of imidazole rings is 1. The summed E-state index contributed by atoms with van der Waals surface area (Å²) in [6.45, 7) is 0. The number of nitriles is 1. The summed E-state index contributed by atoms with van der Waals surface area (Å²) in [6.07, 6.45) is 6.41. The van der Waals surface area contributed by atoms with Gasteiger partial charge in [0.1, 0.15) is 6.07 Å². The molecular formula is C14H12ClN3. The molecule has 0 fully saturated rings. The maximum absolute atomic E-state index is 8.88. The van der Waals surface area contributed by atoms with Crippen molar-refractivity contribution >= 4 is 11.6 Å². The number of hydrogen-bond acceptors (Lipinski definition) is 2. The minimum atomic E-state index is 0.494. The van der Waals surface area contributed by atoms with Crippen molar-refractivity contribution in [1.82, 2.24) is 9.55 Å². The first kappa shape index (κ1) is 11.3. The third-order valence-corrected chi connectivity index (χ3v) is 3.69. The van der Waals surface area contributed by atoms with Crippen molar-refractivity contribution in [3.8, 4) is 11.8 Å². The molecule has 0 bridgehead atoms. The lowest BCUT2D eigenvalue weighted by molar-refractivity contribution is 0.656. The Morgan fingerprint density at radius 1 is 1.28 bits per heavy atom. The van der Waals surface area contributed by atoms with Gasteiger partial charge in [0.15, 0.2) is 0 Å². The van der Waals surface area contributed by atoms with Crippen molar-refractivity contribution in [2.75, 3.05) is 0 Å². The summed E-state index contributed by atoms with van der Waals surface area (Å²) in [7, 11) is 0. The molecule has 1 aromatic heterocycles. The topological polar surface area (TPSA) is 41.6 Å². The highest BCUT2D eigenvalue weighted by atomic mass is 35.5. The number of benzene rings is 1. The van der Waals surface area contributed by atoms with Crippen LogP contribution in [0.3, 0.4) is 0 Å². The van der Waals surface area contributed by atoms with Crippen LogP contribution < -0.4 is 0 Å². The number of fused-ring (bicyclic) bond motifs is 1. The maximum atomic E-state index is 8.88. The molecular weight excluding hydrogens is 246 g/mol. The van der Waals surface area contributed by atoms with Crippen molar-refractivity contribution in [3.63, 3.8) is 0 Å². The molecule has 0 atom stereocenters. The molecule has 0 amide bonds. The Morgan fingerprint density at radius 2 is 2.11 bits per heavy atom. The van der Waals surface area contributed by atoms with E-state index in [-0.39, 0.29) is 0 Å². The first-order chi connectivity index (χ1) is 8.79. The highest BCUT2D eigenvalue weighted by molar-refractivity contribution is 6.31. The predicted molar refractivity (Wildman–Crippen MR) is 69.9 cm³/mol. The zero-order valence-corrected chi connectivity index (χ0v) is 10.6. The molecule has 90 valence electrons. The van der Waals surface area contributed by atoms with Gasteiger partial charge in [-0.2, -0.15) is 5.26 Å². The predicted octanol–water partition coefficient (Wildman–Crippen LogP) is 3.28. The number of hydrogen-bond donors (Lipinski definition) is 0. The lowest BCUT2D eigenvalue weighted by atomic mass is 10.0. The average Bonchev–Trinajstić information content (AvgIpc) is 2.82. The van der Waals surface area contributed by atoms with Crippen LogP contribution in [0.2, 0.25) is 5.02 Å². The summed E-state index contributed by atoms with van der Waals surface area (Å²) in [4.78, 5) is 4.46. The van der Waals surface area contributed by atoms with Crippen LogP contribution >= 0.6 is 11.6 Å². The molecule has 2 aromatic rings. The molecule has 3 nitrogen and oxygen atoms in total. The Hall–Kier alpha value is -1.79. The van der Waals surface area contributed by atoms with Gasteiger partial charge in [-0.3, -0.25) is 0 Å². The highest BCUT2D eigenvalue weighted by Gasteiger charge is 2.16. The molecule has 0 saturated heterocycles. The maximum Gasteiger partial charge on any atom is 0.101 e.